The Hall–Kier alpha value is -2.16. The topological polar surface area (TPSA) is 39.2 Å². The van der Waals surface area contributed by atoms with Crippen LogP contribution in [-0.4, -0.2) is 17.6 Å². The van der Waals surface area contributed by atoms with E-state index < -0.39 is 0 Å². The Morgan fingerprint density at radius 1 is 1.39 bits per heavy atom. The van der Waals surface area contributed by atoms with E-state index in [1.807, 2.05) is 44.2 Å². The molecule has 18 heavy (non-hydrogen) atoms. The summed E-state index contributed by atoms with van der Waals surface area (Å²) in [6, 6.07) is 9.34. The highest BCUT2D eigenvalue weighted by molar-refractivity contribution is 6.03. The van der Waals surface area contributed by atoms with Crippen molar-refractivity contribution in [3.8, 4) is 0 Å². The summed E-state index contributed by atoms with van der Waals surface area (Å²) < 4.78 is 5.18. The molecule has 0 saturated heterocycles. The third kappa shape index (κ3) is 2.56. The van der Waals surface area contributed by atoms with Crippen molar-refractivity contribution in [2.24, 2.45) is 0 Å². The fourth-order valence-electron chi connectivity index (χ4n) is 1.77. The molecule has 0 aliphatic heterocycles. The number of aryl methyl sites for hydroxylation is 1. The highest BCUT2D eigenvalue weighted by atomic mass is 16.5. The van der Waals surface area contributed by atoms with Gasteiger partial charge < -0.3 is 4.74 Å². The zero-order valence-electron chi connectivity index (χ0n) is 10.5. The SMILES string of the molecule is C/C=C/COC(=O)c1cc(C)nc2ccccc12. The smallest absolute Gasteiger partial charge is 0.339 e. The van der Waals surface area contributed by atoms with E-state index >= 15 is 0 Å². The van der Waals surface area contributed by atoms with Crippen molar-refractivity contribution in [1.29, 1.82) is 0 Å². The summed E-state index contributed by atoms with van der Waals surface area (Å²) in [5, 5.41) is 0.827. The van der Waals surface area contributed by atoms with Gasteiger partial charge in [0.05, 0.1) is 11.1 Å². The molecule has 0 saturated carbocycles. The number of carbonyl (C=O) groups excluding carboxylic acids is 1. The first kappa shape index (κ1) is 12.3. The summed E-state index contributed by atoms with van der Waals surface area (Å²) in [5.41, 5.74) is 2.20. The van der Waals surface area contributed by atoms with Crippen LogP contribution in [0.5, 0.6) is 0 Å². The Labute approximate surface area is 106 Å². The summed E-state index contributed by atoms with van der Waals surface area (Å²) in [4.78, 5) is 16.4. The van der Waals surface area contributed by atoms with Crippen LogP contribution in [0.2, 0.25) is 0 Å². The fourth-order valence-corrected chi connectivity index (χ4v) is 1.77. The maximum Gasteiger partial charge on any atom is 0.339 e. The van der Waals surface area contributed by atoms with Crippen LogP contribution < -0.4 is 0 Å². The summed E-state index contributed by atoms with van der Waals surface area (Å²) >= 11 is 0. The normalized spacial score (nSPS) is 11.0. The van der Waals surface area contributed by atoms with Crippen molar-refractivity contribution >= 4 is 16.9 Å². The molecule has 1 aromatic heterocycles. The molecule has 3 heteroatoms. The van der Waals surface area contributed by atoms with Gasteiger partial charge in [0.2, 0.25) is 0 Å². The molecular formula is C15H15NO2. The Morgan fingerprint density at radius 2 is 2.17 bits per heavy atom. The third-order valence-corrected chi connectivity index (χ3v) is 2.61. The first-order valence-corrected chi connectivity index (χ1v) is 5.87. The van der Waals surface area contributed by atoms with Crippen LogP contribution in [0.15, 0.2) is 42.5 Å². The van der Waals surface area contributed by atoms with Gasteiger partial charge in [-0.15, -0.1) is 0 Å². The second kappa shape index (κ2) is 5.45. The molecule has 0 spiro atoms. The van der Waals surface area contributed by atoms with Crippen LogP contribution in [-0.2, 0) is 4.74 Å². The minimum atomic E-state index is -0.310. The maximum absolute atomic E-state index is 12.0. The van der Waals surface area contributed by atoms with Gasteiger partial charge >= 0.3 is 5.97 Å². The van der Waals surface area contributed by atoms with E-state index in [1.165, 1.54) is 0 Å². The number of fused-ring (bicyclic) bond motifs is 1. The first-order chi connectivity index (χ1) is 8.72. The Balaban J connectivity index is 2.40. The van der Waals surface area contributed by atoms with Crippen LogP contribution >= 0.6 is 0 Å². The van der Waals surface area contributed by atoms with Crippen LogP contribution in [0.4, 0.5) is 0 Å². The van der Waals surface area contributed by atoms with E-state index in [0.717, 1.165) is 16.6 Å². The lowest BCUT2D eigenvalue weighted by atomic mass is 10.1. The van der Waals surface area contributed by atoms with E-state index in [1.54, 1.807) is 12.1 Å². The second-order valence-corrected chi connectivity index (χ2v) is 4.00. The molecule has 0 bridgehead atoms. The number of nitrogens with zero attached hydrogens (tertiary/aromatic N) is 1. The zero-order chi connectivity index (χ0) is 13.0. The molecule has 0 amide bonds. The molecule has 0 radical (unpaired) electrons. The average molecular weight is 241 g/mol. The highest BCUT2D eigenvalue weighted by Crippen LogP contribution is 2.18. The zero-order valence-corrected chi connectivity index (χ0v) is 10.5. The Kier molecular flexibility index (Phi) is 3.72. The van der Waals surface area contributed by atoms with Crippen LogP contribution in [0, 0.1) is 6.92 Å². The number of aromatic nitrogens is 1. The number of benzene rings is 1. The predicted octanol–water partition coefficient (Wildman–Crippen LogP) is 3.28. The molecule has 2 rings (SSSR count). The summed E-state index contributed by atoms with van der Waals surface area (Å²) in [6.07, 6.45) is 3.65. The molecular weight excluding hydrogens is 226 g/mol. The van der Waals surface area contributed by atoms with E-state index in [4.69, 9.17) is 4.74 Å². The molecule has 2 aromatic rings. The number of hydrogen-bond donors (Lipinski definition) is 0. The first-order valence-electron chi connectivity index (χ1n) is 5.87. The van der Waals surface area contributed by atoms with Gasteiger partial charge in [-0.1, -0.05) is 30.4 Å². The minimum absolute atomic E-state index is 0.297. The van der Waals surface area contributed by atoms with E-state index in [9.17, 15) is 4.79 Å². The van der Waals surface area contributed by atoms with Crippen molar-refractivity contribution in [2.75, 3.05) is 6.61 Å². The van der Waals surface area contributed by atoms with Gasteiger partial charge in [-0.2, -0.15) is 0 Å². The fraction of sp³-hybridized carbons (Fsp3) is 0.200. The molecule has 1 aromatic carbocycles. The van der Waals surface area contributed by atoms with Crippen molar-refractivity contribution in [2.45, 2.75) is 13.8 Å². The number of ether oxygens (including phenoxy) is 1. The van der Waals surface area contributed by atoms with E-state index in [2.05, 4.69) is 4.98 Å². The summed E-state index contributed by atoms with van der Waals surface area (Å²) in [5.74, 6) is -0.310. The minimum Gasteiger partial charge on any atom is -0.458 e. The maximum atomic E-state index is 12.0. The molecule has 0 aliphatic rings. The monoisotopic (exact) mass is 241 g/mol. The van der Waals surface area contributed by atoms with E-state index in [0.29, 0.717) is 12.2 Å². The number of esters is 1. The van der Waals surface area contributed by atoms with Gasteiger partial charge in [0.25, 0.3) is 0 Å². The molecule has 0 fully saturated rings. The van der Waals surface area contributed by atoms with Crippen molar-refractivity contribution < 1.29 is 9.53 Å². The molecule has 3 nitrogen and oxygen atoms in total. The highest BCUT2D eigenvalue weighted by Gasteiger charge is 2.12. The Bertz CT molecular complexity index is 602. The van der Waals surface area contributed by atoms with E-state index in [-0.39, 0.29) is 5.97 Å². The second-order valence-electron chi connectivity index (χ2n) is 4.00. The average Bonchev–Trinajstić information content (AvgIpc) is 2.38. The molecule has 1 heterocycles. The largest absolute Gasteiger partial charge is 0.458 e. The molecule has 0 atom stereocenters. The number of pyridine rings is 1. The number of para-hydroxylation sites is 1. The third-order valence-electron chi connectivity index (χ3n) is 2.61. The van der Waals surface area contributed by atoms with Crippen LogP contribution in [0.25, 0.3) is 10.9 Å². The molecule has 0 unspecified atom stereocenters. The lowest BCUT2D eigenvalue weighted by Gasteiger charge is -2.07. The van der Waals surface area contributed by atoms with Gasteiger partial charge in [0.15, 0.2) is 0 Å². The quantitative estimate of drug-likeness (QED) is 0.611. The summed E-state index contributed by atoms with van der Waals surface area (Å²) in [7, 11) is 0. The van der Waals surface area contributed by atoms with Crippen molar-refractivity contribution in [1.82, 2.24) is 4.98 Å². The Morgan fingerprint density at radius 3 is 2.94 bits per heavy atom. The molecule has 0 N–H and O–H groups in total. The van der Waals surface area contributed by atoms with Crippen molar-refractivity contribution in [3.05, 3.63) is 53.7 Å². The summed E-state index contributed by atoms with van der Waals surface area (Å²) in [6.45, 7) is 4.06. The number of carbonyl (C=O) groups is 1. The number of hydrogen-bond acceptors (Lipinski definition) is 3. The molecule has 92 valence electrons. The standard InChI is InChI=1S/C15H15NO2/c1-3-4-9-18-15(17)13-10-11(2)16-14-8-6-5-7-12(13)14/h3-8,10H,9H2,1-2H3/b4-3+. The number of rotatable bonds is 3. The van der Waals surface area contributed by atoms with Gasteiger partial charge in [-0.3, -0.25) is 4.98 Å². The van der Waals surface area contributed by atoms with Gasteiger partial charge in [0, 0.05) is 11.1 Å². The molecule has 0 aliphatic carbocycles. The lowest BCUT2D eigenvalue weighted by molar-refractivity contribution is 0.0551. The van der Waals surface area contributed by atoms with Gasteiger partial charge in [-0.05, 0) is 26.0 Å². The lowest BCUT2D eigenvalue weighted by Crippen LogP contribution is -2.07. The van der Waals surface area contributed by atoms with Gasteiger partial charge in [0.1, 0.15) is 6.61 Å². The van der Waals surface area contributed by atoms with Gasteiger partial charge in [-0.25, -0.2) is 4.79 Å². The van der Waals surface area contributed by atoms with Crippen LogP contribution in [0.1, 0.15) is 23.0 Å². The van der Waals surface area contributed by atoms with Crippen molar-refractivity contribution in [3.63, 3.8) is 0 Å². The predicted molar refractivity (Wildman–Crippen MR) is 71.6 cm³/mol. The number of allylic oxidation sites excluding steroid dienone is 1. The van der Waals surface area contributed by atoms with Crippen LogP contribution in [0.3, 0.4) is 0 Å².